The molecule has 154 valence electrons. The van der Waals surface area contributed by atoms with Gasteiger partial charge in [-0.3, -0.25) is 20.0 Å². The molecule has 2 aromatic carbocycles. The van der Waals surface area contributed by atoms with Crippen LogP contribution in [0.1, 0.15) is 11.1 Å². The lowest BCUT2D eigenvalue weighted by molar-refractivity contribution is -0.137. The van der Waals surface area contributed by atoms with Crippen LogP contribution in [-0.4, -0.2) is 41.4 Å². The SMILES string of the molecule is O=C1NC(=O)[13C]23Nc4cc(C(F)(F)F)ccc4N(CCN12)C3=[15N]Cc1ccccc1. The number of alkyl halides is 3. The van der Waals surface area contributed by atoms with Gasteiger partial charge in [0, 0.05) is 13.1 Å². The zero-order chi connectivity index (χ0) is 21.1. The van der Waals surface area contributed by atoms with Gasteiger partial charge in [-0.05, 0) is 23.8 Å². The highest BCUT2D eigenvalue weighted by atomic mass is 19.4. The number of halogens is 3. The van der Waals surface area contributed by atoms with Gasteiger partial charge in [0.1, 0.15) is 0 Å². The highest BCUT2D eigenvalue weighted by Crippen LogP contribution is 2.44. The molecule has 30 heavy (non-hydrogen) atoms. The van der Waals surface area contributed by atoms with Crippen LogP contribution in [0.5, 0.6) is 0 Å². The zero-order valence-corrected chi connectivity index (χ0v) is 15.5. The van der Waals surface area contributed by atoms with Crippen molar-refractivity contribution in [2.24, 2.45) is 4.99 Å². The Bertz CT molecular complexity index is 1090. The minimum Gasteiger partial charge on any atom is -0.347 e. The molecule has 7 nitrogen and oxygen atoms in total. The smallest absolute Gasteiger partial charge is 0.347 e. The van der Waals surface area contributed by atoms with E-state index in [4.69, 9.17) is 0 Å². The second kappa shape index (κ2) is 6.22. The van der Waals surface area contributed by atoms with E-state index in [1.54, 1.807) is 4.90 Å². The molecule has 2 N–H and O–H groups in total. The summed E-state index contributed by atoms with van der Waals surface area (Å²) in [6.07, 6.45) is -4.53. The molecule has 0 aromatic heterocycles. The topological polar surface area (TPSA) is 77.0 Å². The summed E-state index contributed by atoms with van der Waals surface area (Å²) in [5, 5.41) is 5.17. The molecule has 0 radical (unpaired) electrons. The quantitative estimate of drug-likeness (QED) is 0.448. The van der Waals surface area contributed by atoms with Crippen molar-refractivity contribution in [1.82, 2.24) is 10.2 Å². The van der Waals surface area contributed by atoms with Crippen molar-refractivity contribution in [3.8, 4) is 0 Å². The molecular formula is C20H16F3N5O2. The van der Waals surface area contributed by atoms with Gasteiger partial charge in [-0.2, -0.15) is 13.2 Å². The number of nitrogens with one attached hydrogen (secondary N) is 2. The first-order chi connectivity index (χ1) is 14.3. The largest absolute Gasteiger partial charge is 0.416 e. The van der Waals surface area contributed by atoms with Gasteiger partial charge in [-0.25, -0.2) is 4.79 Å². The predicted octanol–water partition coefficient (Wildman–Crippen LogP) is 2.80. The summed E-state index contributed by atoms with van der Waals surface area (Å²) in [6.45, 7) is 0.771. The Hall–Kier alpha value is -3.56. The summed E-state index contributed by atoms with van der Waals surface area (Å²) >= 11 is 0. The lowest BCUT2D eigenvalue weighted by Gasteiger charge is -2.50. The monoisotopic (exact) mass is 417 g/mol. The molecule has 2 fully saturated rings. The number of benzene rings is 2. The molecular weight excluding hydrogens is 401 g/mol. The van der Waals surface area contributed by atoms with E-state index in [-0.39, 0.29) is 24.6 Å². The number of carbonyl (C=O) groups is 2. The Morgan fingerprint density at radius 2 is 1.83 bits per heavy atom. The molecule has 1 spiro atoms. The maximum atomic E-state index is 13.2. The molecule has 3 heterocycles. The van der Waals surface area contributed by atoms with Gasteiger partial charge >= 0.3 is 12.2 Å². The van der Waals surface area contributed by atoms with Crippen LogP contribution in [0, 0.1) is 0 Å². The third-order valence-electron chi connectivity index (χ3n) is 5.51. The first-order valence-electron chi connectivity index (χ1n) is 9.29. The molecule has 3 aliphatic heterocycles. The Balaban J connectivity index is 1.66. The van der Waals surface area contributed by atoms with E-state index in [0.717, 1.165) is 17.7 Å². The van der Waals surface area contributed by atoms with Crippen LogP contribution in [0.2, 0.25) is 0 Å². The van der Waals surface area contributed by atoms with Gasteiger partial charge in [0.25, 0.3) is 11.6 Å². The summed E-state index contributed by atoms with van der Waals surface area (Å²) < 4.78 is 39.7. The second-order valence-electron chi connectivity index (χ2n) is 7.25. The second-order valence-corrected chi connectivity index (χ2v) is 7.25. The number of nitrogens with zero attached hydrogens (tertiary/aromatic N) is 3. The van der Waals surface area contributed by atoms with E-state index in [9.17, 15) is 22.8 Å². The van der Waals surface area contributed by atoms with E-state index >= 15 is 0 Å². The average Bonchev–Trinajstić information content (AvgIpc) is 2.94. The minimum atomic E-state index is -4.53. The normalized spacial score (nSPS) is 23.8. The molecule has 1 atom stereocenters. The van der Waals surface area contributed by atoms with Crippen molar-refractivity contribution in [2.45, 2.75) is 18.4 Å². The van der Waals surface area contributed by atoms with Crippen LogP contribution in [0.25, 0.3) is 0 Å². The van der Waals surface area contributed by atoms with Crippen LogP contribution in [-0.2, 0) is 17.5 Å². The molecule has 2 bridgehead atoms. The number of imide groups is 1. The van der Waals surface area contributed by atoms with Crippen molar-refractivity contribution in [2.75, 3.05) is 23.3 Å². The number of amidine groups is 1. The van der Waals surface area contributed by atoms with Crippen LogP contribution < -0.4 is 15.5 Å². The van der Waals surface area contributed by atoms with Crippen LogP contribution in [0.15, 0.2) is 53.5 Å². The fourth-order valence-corrected chi connectivity index (χ4v) is 4.13. The predicted molar refractivity (Wildman–Crippen MR) is 103 cm³/mol. The molecule has 3 amide bonds. The van der Waals surface area contributed by atoms with E-state index < -0.39 is 29.3 Å². The zero-order valence-electron chi connectivity index (χ0n) is 15.5. The highest BCUT2D eigenvalue weighted by molar-refractivity contribution is 6.29. The average molecular weight is 417 g/mol. The Kier molecular flexibility index (Phi) is 3.83. The van der Waals surface area contributed by atoms with E-state index in [0.29, 0.717) is 12.2 Å². The minimum absolute atomic E-state index is 0.123. The summed E-state index contributed by atoms with van der Waals surface area (Å²) in [6, 6.07) is 12.1. The number of fused-ring (bicyclic) bond motifs is 3. The number of amides is 3. The number of hydrogen-bond donors (Lipinski definition) is 2. The lowest BCUT2D eigenvalue weighted by Crippen LogP contribution is -2.72. The lowest BCUT2D eigenvalue weighted by atomic mass is 10.1. The van der Waals surface area contributed by atoms with Crippen molar-refractivity contribution < 1.29 is 22.8 Å². The molecule has 5 rings (SSSR count). The highest BCUT2D eigenvalue weighted by Gasteiger charge is 2.63. The van der Waals surface area contributed by atoms with Gasteiger partial charge < -0.3 is 10.2 Å². The Morgan fingerprint density at radius 3 is 2.57 bits per heavy atom. The maximum Gasteiger partial charge on any atom is 0.416 e. The first-order valence-corrected chi connectivity index (χ1v) is 9.29. The summed E-state index contributed by atoms with van der Waals surface area (Å²) in [5.74, 6) is -0.375. The third-order valence-corrected chi connectivity index (χ3v) is 5.51. The fourth-order valence-electron chi connectivity index (χ4n) is 4.13. The number of piperazine rings is 1. The summed E-state index contributed by atoms with van der Waals surface area (Å²) in [7, 11) is 0. The molecule has 3 aliphatic rings. The van der Waals surface area contributed by atoms with Crippen molar-refractivity contribution >= 4 is 29.1 Å². The number of aliphatic imine (C=N–C) groups is 1. The van der Waals surface area contributed by atoms with Crippen LogP contribution >= 0.6 is 0 Å². The van der Waals surface area contributed by atoms with Crippen LogP contribution in [0.4, 0.5) is 29.3 Å². The van der Waals surface area contributed by atoms with Gasteiger partial charge in [0.05, 0.1) is 23.5 Å². The first kappa shape index (κ1) is 18.5. The van der Waals surface area contributed by atoms with Gasteiger partial charge in [-0.15, -0.1) is 0 Å². The number of hydrogen-bond acceptors (Lipinski definition) is 4. The number of rotatable bonds is 2. The van der Waals surface area contributed by atoms with E-state index in [2.05, 4.69) is 15.6 Å². The summed E-state index contributed by atoms with van der Waals surface area (Å²) in [5.41, 5.74) is -1.02. The number of urea groups is 1. The molecule has 1 unspecified atom stereocenters. The van der Waals surface area contributed by atoms with Gasteiger partial charge in [0.15, 0.2) is 5.84 Å². The van der Waals surface area contributed by atoms with Crippen LogP contribution in [0.3, 0.4) is 0 Å². The van der Waals surface area contributed by atoms with Gasteiger partial charge in [0.2, 0.25) is 0 Å². The Morgan fingerprint density at radius 1 is 1.07 bits per heavy atom. The van der Waals surface area contributed by atoms with Gasteiger partial charge in [-0.1, -0.05) is 30.3 Å². The third kappa shape index (κ3) is 2.56. The van der Waals surface area contributed by atoms with Crippen molar-refractivity contribution in [3.05, 3.63) is 59.7 Å². The van der Waals surface area contributed by atoms with Crippen molar-refractivity contribution in [1.29, 1.82) is 0 Å². The standard InChI is InChI=1S/C20H16F3N5O2/c21-20(22,23)13-6-7-15-14(10-13)26-19-16(24-11-12-4-2-1-3-5-12)27(15)8-9-28(19)18(30)25-17(19)29/h1-7,10,26H,8-9,11H2,(H,25,29,30)/i19+1,24+1. The molecule has 10 heteroatoms. The maximum absolute atomic E-state index is 13.2. The van der Waals surface area contributed by atoms with E-state index in [1.807, 2.05) is 30.3 Å². The number of carbonyl (C=O) groups excluding carboxylic acids is 2. The molecule has 0 aliphatic carbocycles. The molecule has 2 saturated heterocycles. The molecule has 0 saturated carbocycles. The summed E-state index contributed by atoms with van der Waals surface area (Å²) in [4.78, 5) is 32.9. The fraction of sp³-hybridized carbons (Fsp3) is 0.250. The van der Waals surface area contributed by atoms with E-state index in [1.165, 1.54) is 11.0 Å². The Labute approximate surface area is 169 Å². The van der Waals surface area contributed by atoms with Crippen molar-refractivity contribution in [3.63, 3.8) is 0 Å². The molecule has 2 aromatic rings. The number of anilines is 2.